The molecule has 0 aliphatic carbocycles. The summed E-state index contributed by atoms with van der Waals surface area (Å²) in [6.07, 6.45) is 4.60. The SMILES string of the molecule is CN=C(NCCN1c2ccccc2CC1C)N1CCC(OCCCOC)CC1. The van der Waals surface area contributed by atoms with Crippen LogP contribution < -0.4 is 10.2 Å². The van der Waals surface area contributed by atoms with E-state index in [9.17, 15) is 0 Å². The van der Waals surface area contributed by atoms with Crippen LogP contribution in [0.15, 0.2) is 29.3 Å². The number of likely N-dealkylation sites (tertiary alicyclic amines) is 1. The second-order valence-electron chi connectivity index (χ2n) is 7.75. The van der Waals surface area contributed by atoms with Gasteiger partial charge in [-0.25, -0.2) is 0 Å². The molecule has 0 radical (unpaired) electrons. The summed E-state index contributed by atoms with van der Waals surface area (Å²) in [5.41, 5.74) is 2.85. The summed E-state index contributed by atoms with van der Waals surface area (Å²) in [4.78, 5) is 9.37. The molecule has 1 aromatic rings. The van der Waals surface area contributed by atoms with E-state index < -0.39 is 0 Å². The molecule has 6 heteroatoms. The molecule has 2 aliphatic heterocycles. The predicted molar refractivity (Wildman–Crippen MR) is 115 cm³/mol. The van der Waals surface area contributed by atoms with Crippen LogP contribution in [-0.2, 0) is 15.9 Å². The third-order valence-electron chi connectivity index (χ3n) is 5.78. The predicted octanol–water partition coefficient (Wildman–Crippen LogP) is 2.53. The molecule has 2 aliphatic rings. The van der Waals surface area contributed by atoms with Gasteiger partial charge < -0.3 is 24.6 Å². The highest BCUT2D eigenvalue weighted by atomic mass is 16.5. The lowest BCUT2D eigenvalue weighted by Gasteiger charge is -2.34. The molecule has 1 aromatic carbocycles. The topological polar surface area (TPSA) is 49.3 Å². The average Bonchev–Trinajstić information content (AvgIpc) is 3.04. The quantitative estimate of drug-likeness (QED) is 0.421. The summed E-state index contributed by atoms with van der Waals surface area (Å²) in [6.45, 7) is 7.77. The fourth-order valence-electron chi connectivity index (χ4n) is 4.28. The van der Waals surface area contributed by atoms with Gasteiger partial charge in [0.1, 0.15) is 0 Å². The fourth-order valence-corrected chi connectivity index (χ4v) is 4.28. The lowest BCUT2D eigenvalue weighted by atomic mass is 10.1. The Labute approximate surface area is 169 Å². The number of aliphatic imine (C=N–C) groups is 1. The van der Waals surface area contributed by atoms with Crippen LogP contribution >= 0.6 is 0 Å². The fraction of sp³-hybridized carbons (Fsp3) is 0.682. The van der Waals surface area contributed by atoms with E-state index >= 15 is 0 Å². The van der Waals surface area contributed by atoms with Crippen molar-refractivity contribution in [1.82, 2.24) is 10.2 Å². The highest BCUT2D eigenvalue weighted by molar-refractivity contribution is 5.80. The van der Waals surface area contributed by atoms with Crippen LogP contribution in [0.3, 0.4) is 0 Å². The molecule has 28 heavy (non-hydrogen) atoms. The molecule has 156 valence electrons. The van der Waals surface area contributed by atoms with Gasteiger partial charge in [0, 0.05) is 65.3 Å². The Bertz CT molecular complexity index is 629. The maximum absolute atomic E-state index is 5.97. The van der Waals surface area contributed by atoms with Crippen molar-refractivity contribution >= 4 is 11.6 Å². The number of hydrogen-bond acceptors (Lipinski definition) is 4. The van der Waals surface area contributed by atoms with Crippen molar-refractivity contribution in [3.05, 3.63) is 29.8 Å². The zero-order valence-corrected chi connectivity index (χ0v) is 17.7. The molecule has 2 heterocycles. The third kappa shape index (κ3) is 5.39. The Morgan fingerprint density at radius 1 is 1.21 bits per heavy atom. The van der Waals surface area contributed by atoms with E-state index in [4.69, 9.17) is 9.47 Å². The molecule has 1 N–H and O–H groups in total. The number of nitrogens with zero attached hydrogens (tertiary/aromatic N) is 3. The molecule has 0 spiro atoms. The minimum atomic E-state index is 0.369. The first-order valence-corrected chi connectivity index (χ1v) is 10.6. The molecule has 0 aromatic heterocycles. The van der Waals surface area contributed by atoms with Crippen molar-refractivity contribution in [1.29, 1.82) is 0 Å². The van der Waals surface area contributed by atoms with Crippen LogP contribution in [0.25, 0.3) is 0 Å². The van der Waals surface area contributed by atoms with Crippen LogP contribution in [0.1, 0.15) is 31.7 Å². The number of rotatable bonds is 8. The van der Waals surface area contributed by atoms with Gasteiger partial charge in [0.15, 0.2) is 5.96 Å². The van der Waals surface area contributed by atoms with Gasteiger partial charge in [-0.15, -0.1) is 0 Å². The van der Waals surface area contributed by atoms with Gasteiger partial charge in [0.25, 0.3) is 0 Å². The lowest BCUT2D eigenvalue weighted by molar-refractivity contribution is 0.00992. The number of guanidine groups is 1. The maximum atomic E-state index is 5.97. The minimum Gasteiger partial charge on any atom is -0.385 e. The first-order chi connectivity index (χ1) is 13.7. The highest BCUT2D eigenvalue weighted by Gasteiger charge is 2.25. The summed E-state index contributed by atoms with van der Waals surface area (Å²) in [5.74, 6) is 1.01. The van der Waals surface area contributed by atoms with E-state index in [-0.39, 0.29) is 0 Å². The number of para-hydroxylation sites is 1. The average molecular weight is 389 g/mol. The number of anilines is 1. The molecule has 0 saturated carbocycles. The van der Waals surface area contributed by atoms with Crippen molar-refractivity contribution in [2.24, 2.45) is 4.99 Å². The number of piperidine rings is 1. The molecular formula is C22H36N4O2. The molecular weight excluding hydrogens is 352 g/mol. The first kappa shape index (κ1) is 20.9. The van der Waals surface area contributed by atoms with Gasteiger partial charge in [-0.1, -0.05) is 18.2 Å². The van der Waals surface area contributed by atoms with Crippen LogP contribution in [0.2, 0.25) is 0 Å². The highest BCUT2D eigenvalue weighted by Crippen LogP contribution is 2.31. The largest absolute Gasteiger partial charge is 0.385 e. The van der Waals surface area contributed by atoms with E-state index in [2.05, 4.69) is 51.3 Å². The monoisotopic (exact) mass is 388 g/mol. The van der Waals surface area contributed by atoms with E-state index in [1.165, 1.54) is 11.3 Å². The Balaban J connectivity index is 1.40. The molecule has 1 fully saturated rings. The molecule has 1 saturated heterocycles. The Kier molecular flexibility index (Phi) is 7.98. The second-order valence-corrected chi connectivity index (χ2v) is 7.75. The Hall–Kier alpha value is -1.79. The Morgan fingerprint density at radius 2 is 2.00 bits per heavy atom. The van der Waals surface area contributed by atoms with Gasteiger partial charge in [-0.05, 0) is 44.2 Å². The minimum absolute atomic E-state index is 0.369. The summed E-state index contributed by atoms with van der Waals surface area (Å²) in [5, 5.41) is 3.57. The molecule has 1 unspecified atom stereocenters. The number of fused-ring (bicyclic) bond motifs is 1. The van der Waals surface area contributed by atoms with Crippen molar-refractivity contribution in [3.63, 3.8) is 0 Å². The van der Waals surface area contributed by atoms with Gasteiger partial charge >= 0.3 is 0 Å². The van der Waals surface area contributed by atoms with Gasteiger partial charge in [-0.3, -0.25) is 4.99 Å². The first-order valence-electron chi connectivity index (χ1n) is 10.6. The van der Waals surface area contributed by atoms with Crippen molar-refractivity contribution in [2.45, 2.75) is 44.8 Å². The van der Waals surface area contributed by atoms with E-state index in [0.29, 0.717) is 12.1 Å². The third-order valence-corrected chi connectivity index (χ3v) is 5.78. The maximum Gasteiger partial charge on any atom is 0.193 e. The normalized spacial score (nSPS) is 20.5. The van der Waals surface area contributed by atoms with Gasteiger partial charge in [0.2, 0.25) is 0 Å². The number of hydrogen-bond donors (Lipinski definition) is 1. The molecule has 6 nitrogen and oxygen atoms in total. The number of ether oxygens (including phenoxy) is 2. The summed E-state index contributed by atoms with van der Waals surface area (Å²) in [6, 6.07) is 9.33. The molecule has 0 bridgehead atoms. The Morgan fingerprint density at radius 3 is 2.75 bits per heavy atom. The van der Waals surface area contributed by atoms with Crippen molar-refractivity contribution in [2.75, 3.05) is 58.5 Å². The van der Waals surface area contributed by atoms with Crippen LogP contribution in [0.4, 0.5) is 5.69 Å². The summed E-state index contributed by atoms with van der Waals surface area (Å²) in [7, 11) is 3.61. The lowest BCUT2D eigenvalue weighted by Crippen LogP contribution is -2.48. The summed E-state index contributed by atoms with van der Waals surface area (Å²) >= 11 is 0. The van der Waals surface area contributed by atoms with E-state index in [1.54, 1.807) is 7.11 Å². The molecule has 3 rings (SSSR count). The molecule has 1 atom stereocenters. The van der Waals surface area contributed by atoms with Gasteiger partial charge in [0.05, 0.1) is 6.10 Å². The van der Waals surface area contributed by atoms with Crippen molar-refractivity contribution < 1.29 is 9.47 Å². The number of nitrogens with one attached hydrogen (secondary N) is 1. The zero-order chi connectivity index (χ0) is 19.8. The standard InChI is InChI=1S/C22H36N4O2/c1-18-17-19-7-4-5-8-21(19)26(18)14-11-24-22(23-2)25-12-9-20(10-13-25)28-16-6-15-27-3/h4-5,7-8,18,20H,6,9-17H2,1-3H3,(H,23,24). The summed E-state index contributed by atoms with van der Waals surface area (Å²) < 4.78 is 11.0. The number of methoxy groups -OCH3 is 1. The van der Waals surface area contributed by atoms with Gasteiger partial charge in [-0.2, -0.15) is 0 Å². The van der Waals surface area contributed by atoms with E-state index in [1.807, 2.05) is 7.05 Å². The van der Waals surface area contributed by atoms with E-state index in [0.717, 1.165) is 71.0 Å². The van der Waals surface area contributed by atoms with Crippen LogP contribution in [-0.4, -0.2) is 76.6 Å². The zero-order valence-electron chi connectivity index (χ0n) is 17.7. The molecule has 0 amide bonds. The smallest absolute Gasteiger partial charge is 0.193 e. The number of benzene rings is 1. The van der Waals surface area contributed by atoms with Crippen LogP contribution in [0.5, 0.6) is 0 Å². The van der Waals surface area contributed by atoms with Crippen LogP contribution in [0, 0.1) is 0 Å². The second kappa shape index (κ2) is 10.7. The van der Waals surface area contributed by atoms with Crippen molar-refractivity contribution in [3.8, 4) is 0 Å².